The van der Waals surface area contributed by atoms with Gasteiger partial charge in [0.2, 0.25) is 5.91 Å². The van der Waals surface area contributed by atoms with Crippen LogP contribution in [0.5, 0.6) is 5.75 Å². The predicted molar refractivity (Wildman–Crippen MR) is 90.3 cm³/mol. The van der Waals surface area contributed by atoms with Gasteiger partial charge in [0.1, 0.15) is 5.75 Å². The van der Waals surface area contributed by atoms with E-state index in [9.17, 15) is 9.59 Å². The third-order valence-corrected chi connectivity index (χ3v) is 4.30. The predicted octanol–water partition coefficient (Wildman–Crippen LogP) is 1.85. The van der Waals surface area contributed by atoms with Crippen molar-refractivity contribution in [3.63, 3.8) is 0 Å². The maximum absolute atomic E-state index is 12.8. The summed E-state index contributed by atoms with van der Waals surface area (Å²) in [5.41, 5.74) is 14.2. The molecule has 1 unspecified atom stereocenters. The Kier molecular flexibility index (Phi) is 4.12. The van der Waals surface area contributed by atoms with Crippen LogP contribution < -0.4 is 16.2 Å². The molecule has 0 aromatic heterocycles. The molecule has 0 fully saturated rings. The molecule has 0 spiro atoms. The van der Waals surface area contributed by atoms with Gasteiger partial charge in [-0.2, -0.15) is 0 Å². The van der Waals surface area contributed by atoms with Crippen molar-refractivity contribution in [2.75, 3.05) is 12.8 Å². The fourth-order valence-corrected chi connectivity index (χ4v) is 3.05. The van der Waals surface area contributed by atoms with Crippen LogP contribution in [0.2, 0.25) is 0 Å². The van der Waals surface area contributed by atoms with Gasteiger partial charge >= 0.3 is 0 Å². The number of nitrogen functional groups attached to an aromatic ring is 1. The average Bonchev–Trinajstić information content (AvgIpc) is 2.91. The van der Waals surface area contributed by atoms with Crippen LogP contribution in [0.1, 0.15) is 33.9 Å². The summed E-state index contributed by atoms with van der Waals surface area (Å²) >= 11 is 0. The number of amides is 2. The number of carbonyl (C=O) groups excluding carboxylic acids is 2. The number of ether oxygens (including phenoxy) is 1. The number of nitrogens with two attached hydrogens (primary N) is 2. The smallest absolute Gasteiger partial charge is 0.255 e. The zero-order valence-corrected chi connectivity index (χ0v) is 13.4. The Morgan fingerprint density at radius 1 is 1.25 bits per heavy atom. The van der Waals surface area contributed by atoms with Gasteiger partial charge < -0.3 is 21.1 Å². The van der Waals surface area contributed by atoms with Crippen molar-refractivity contribution in [2.24, 2.45) is 5.73 Å². The lowest BCUT2D eigenvalue weighted by Crippen LogP contribution is -2.32. The molecule has 24 heavy (non-hydrogen) atoms. The number of carbonyl (C=O) groups is 2. The SMILES string of the molecule is COc1ccc(C(CC(N)=O)N2Cc3c(N)cccc3C2=O)cc1. The monoisotopic (exact) mass is 325 g/mol. The van der Waals surface area contributed by atoms with E-state index in [-0.39, 0.29) is 12.3 Å². The molecule has 1 atom stereocenters. The fourth-order valence-electron chi connectivity index (χ4n) is 3.05. The molecular weight excluding hydrogens is 306 g/mol. The third-order valence-electron chi connectivity index (χ3n) is 4.30. The second-order valence-corrected chi connectivity index (χ2v) is 5.77. The van der Waals surface area contributed by atoms with Crippen LogP contribution in [0.15, 0.2) is 42.5 Å². The molecule has 0 radical (unpaired) electrons. The van der Waals surface area contributed by atoms with Gasteiger partial charge in [0.15, 0.2) is 0 Å². The highest BCUT2D eigenvalue weighted by Gasteiger charge is 2.35. The Hall–Kier alpha value is -3.02. The minimum Gasteiger partial charge on any atom is -0.497 e. The van der Waals surface area contributed by atoms with Gasteiger partial charge in [-0.05, 0) is 29.8 Å². The van der Waals surface area contributed by atoms with E-state index < -0.39 is 11.9 Å². The topological polar surface area (TPSA) is 98.7 Å². The van der Waals surface area contributed by atoms with E-state index in [1.807, 2.05) is 12.1 Å². The Morgan fingerprint density at radius 2 is 1.96 bits per heavy atom. The van der Waals surface area contributed by atoms with Crippen molar-refractivity contribution in [1.82, 2.24) is 4.90 Å². The number of methoxy groups -OCH3 is 1. The summed E-state index contributed by atoms with van der Waals surface area (Å²) in [6.45, 7) is 0.366. The van der Waals surface area contributed by atoms with Crippen molar-refractivity contribution >= 4 is 17.5 Å². The van der Waals surface area contributed by atoms with E-state index in [1.165, 1.54) is 0 Å². The number of nitrogens with zero attached hydrogens (tertiary/aromatic N) is 1. The van der Waals surface area contributed by atoms with Crippen molar-refractivity contribution in [2.45, 2.75) is 19.0 Å². The van der Waals surface area contributed by atoms with E-state index in [0.717, 1.165) is 11.1 Å². The molecule has 1 aliphatic rings. The van der Waals surface area contributed by atoms with E-state index >= 15 is 0 Å². The molecule has 0 saturated carbocycles. The third kappa shape index (κ3) is 2.78. The quantitative estimate of drug-likeness (QED) is 0.820. The maximum atomic E-state index is 12.8. The van der Waals surface area contributed by atoms with Crippen LogP contribution in [0.25, 0.3) is 0 Å². The number of hydrogen-bond acceptors (Lipinski definition) is 4. The van der Waals surface area contributed by atoms with Crippen LogP contribution in [0, 0.1) is 0 Å². The molecule has 6 nitrogen and oxygen atoms in total. The lowest BCUT2D eigenvalue weighted by Gasteiger charge is -2.27. The number of rotatable bonds is 5. The summed E-state index contributed by atoms with van der Waals surface area (Å²) in [4.78, 5) is 26.0. The van der Waals surface area contributed by atoms with E-state index in [1.54, 1.807) is 42.3 Å². The maximum Gasteiger partial charge on any atom is 0.255 e. The second-order valence-electron chi connectivity index (χ2n) is 5.77. The largest absolute Gasteiger partial charge is 0.497 e. The van der Waals surface area contributed by atoms with E-state index in [2.05, 4.69) is 0 Å². The summed E-state index contributed by atoms with van der Waals surface area (Å²) in [5, 5.41) is 0. The molecule has 0 saturated heterocycles. The van der Waals surface area contributed by atoms with Gasteiger partial charge in [-0.15, -0.1) is 0 Å². The van der Waals surface area contributed by atoms with Crippen molar-refractivity contribution in [3.05, 3.63) is 59.2 Å². The highest BCUT2D eigenvalue weighted by molar-refractivity contribution is 6.00. The summed E-state index contributed by atoms with van der Waals surface area (Å²) in [5.74, 6) is 0.101. The summed E-state index contributed by atoms with van der Waals surface area (Å²) in [7, 11) is 1.58. The molecule has 1 aliphatic heterocycles. The summed E-state index contributed by atoms with van der Waals surface area (Å²) in [6.07, 6.45) is 0.0476. The average molecular weight is 325 g/mol. The lowest BCUT2D eigenvalue weighted by molar-refractivity contribution is -0.119. The molecule has 2 amide bonds. The molecule has 1 heterocycles. The number of benzene rings is 2. The number of primary amides is 1. The van der Waals surface area contributed by atoms with Crippen LogP contribution in [0.4, 0.5) is 5.69 Å². The summed E-state index contributed by atoms with van der Waals surface area (Å²) < 4.78 is 5.15. The molecule has 2 aromatic carbocycles. The first kappa shape index (κ1) is 15.9. The van der Waals surface area contributed by atoms with Crippen LogP contribution >= 0.6 is 0 Å². The normalized spacial score (nSPS) is 14.4. The molecule has 2 aromatic rings. The van der Waals surface area contributed by atoms with Gasteiger partial charge in [0, 0.05) is 23.4 Å². The highest BCUT2D eigenvalue weighted by atomic mass is 16.5. The van der Waals surface area contributed by atoms with E-state index in [4.69, 9.17) is 16.2 Å². The zero-order valence-electron chi connectivity index (χ0n) is 13.4. The number of anilines is 1. The first-order chi connectivity index (χ1) is 11.5. The summed E-state index contributed by atoms with van der Waals surface area (Å²) in [6, 6.07) is 12.1. The lowest BCUT2D eigenvalue weighted by atomic mass is 10.0. The molecule has 4 N–H and O–H groups in total. The minimum absolute atomic E-state index is 0.0476. The zero-order chi connectivity index (χ0) is 17.3. The molecule has 0 bridgehead atoms. The van der Waals surface area contributed by atoms with E-state index in [0.29, 0.717) is 23.5 Å². The van der Waals surface area contributed by atoms with Crippen molar-refractivity contribution in [3.8, 4) is 5.75 Å². The van der Waals surface area contributed by atoms with Crippen LogP contribution in [0.3, 0.4) is 0 Å². The second kappa shape index (κ2) is 6.23. The standard InChI is InChI=1S/C18H19N3O3/c1-24-12-7-5-11(6-8-12)16(9-17(20)22)21-10-14-13(18(21)23)3-2-4-15(14)19/h2-8,16H,9-10,19H2,1H3,(H2,20,22). The van der Waals surface area contributed by atoms with Crippen molar-refractivity contribution < 1.29 is 14.3 Å². The molecule has 3 rings (SSSR count). The first-order valence-corrected chi connectivity index (χ1v) is 7.62. The molecule has 124 valence electrons. The number of fused-ring (bicyclic) bond motifs is 1. The Labute approximate surface area is 140 Å². The first-order valence-electron chi connectivity index (χ1n) is 7.62. The van der Waals surface area contributed by atoms with Crippen LogP contribution in [-0.4, -0.2) is 23.8 Å². The highest BCUT2D eigenvalue weighted by Crippen LogP contribution is 2.35. The fraction of sp³-hybridized carbons (Fsp3) is 0.222. The van der Waals surface area contributed by atoms with Crippen LogP contribution in [-0.2, 0) is 11.3 Å². The number of hydrogen-bond donors (Lipinski definition) is 2. The molecule has 0 aliphatic carbocycles. The van der Waals surface area contributed by atoms with Gasteiger partial charge in [0.05, 0.1) is 19.6 Å². The van der Waals surface area contributed by atoms with Gasteiger partial charge in [-0.25, -0.2) is 0 Å². The van der Waals surface area contributed by atoms with Crippen molar-refractivity contribution in [1.29, 1.82) is 0 Å². The molecule has 6 heteroatoms. The molecular formula is C18H19N3O3. The Balaban J connectivity index is 1.97. The minimum atomic E-state index is -0.465. The Bertz CT molecular complexity index is 787. The van der Waals surface area contributed by atoms with Gasteiger partial charge in [0.25, 0.3) is 5.91 Å². The Morgan fingerprint density at radius 3 is 2.54 bits per heavy atom. The van der Waals surface area contributed by atoms with Gasteiger partial charge in [-0.1, -0.05) is 18.2 Å². The van der Waals surface area contributed by atoms with Gasteiger partial charge in [-0.3, -0.25) is 9.59 Å².